The number of rotatable bonds is 4. The highest BCUT2D eigenvalue weighted by Crippen LogP contribution is 2.43. The normalized spacial score (nSPS) is 28.4. The zero-order valence-corrected chi connectivity index (χ0v) is 13.1. The minimum Gasteiger partial charge on any atom is -0.376 e. The SMILES string of the molecule is CNC(c1ccc(Cl)cc1F)C1(OC)CCC(C)CC1. The Morgan fingerprint density at radius 3 is 2.55 bits per heavy atom. The second-order valence-electron chi connectivity index (χ2n) is 5.84. The zero-order chi connectivity index (χ0) is 14.8. The van der Waals surface area contributed by atoms with Gasteiger partial charge in [-0.05, 0) is 50.8 Å². The number of halogens is 2. The molecule has 1 aliphatic carbocycles. The van der Waals surface area contributed by atoms with E-state index in [1.807, 2.05) is 7.05 Å². The van der Waals surface area contributed by atoms with Gasteiger partial charge < -0.3 is 10.1 Å². The smallest absolute Gasteiger partial charge is 0.129 e. The number of methoxy groups -OCH3 is 1. The van der Waals surface area contributed by atoms with Crippen LogP contribution in [0, 0.1) is 11.7 Å². The molecule has 0 aromatic heterocycles. The maximum atomic E-state index is 14.2. The molecule has 0 amide bonds. The van der Waals surface area contributed by atoms with E-state index in [9.17, 15) is 4.39 Å². The Bertz CT molecular complexity index is 458. The first-order valence-corrected chi connectivity index (χ1v) is 7.57. The molecule has 1 saturated carbocycles. The van der Waals surface area contributed by atoms with E-state index in [0.717, 1.165) is 25.7 Å². The van der Waals surface area contributed by atoms with Crippen molar-refractivity contribution < 1.29 is 9.13 Å². The van der Waals surface area contributed by atoms with Gasteiger partial charge in [0, 0.05) is 17.7 Å². The number of ether oxygens (including phenoxy) is 1. The summed E-state index contributed by atoms with van der Waals surface area (Å²) in [6, 6.07) is 4.71. The summed E-state index contributed by atoms with van der Waals surface area (Å²) in [5.74, 6) is 0.442. The lowest BCUT2D eigenvalue weighted by molar-refractivity contribution is -0.0752. The second kappa shape index (κ2) is 6.42. The van der Waals surface area contributed by atoms with E-state index >= 15 is 0 Å². The fourth-order valence-corrected chi connectivity index (χ4v) is 3.46. The molecule has 1 atom stereocenters. The Hall–Kier alpha value is -0.640. The third kappa shape index (κ3) is 3.00. The van der Waals surface area contributed by atoms with Gasteiger partial charge in [-0.1, -0.05) is 24.6 Å². The van der Waals surface area contributed by atoms with E-state index in [1.54, 1.807) is 19.2 Å². The van der Waals surface area contributed by atoms with Gasteiger partial charge in [-0.25, -0.2) is 4.39 Å². The van der Waals surface area contributed by atoms with Gasteiger partial charge in [-0.3, -0.25) is 0 Å². The van der Waals surface area contributed by atoms with Crippen molar-refractivity contribution in [3.63, 3.8) is 0 Å². The van der Waals surface area contributed by atoms with E-state index in [0.29, 0.717) is 16.5 Å². The molecule has 1 aromatic rings. The summed E-state index contributed by atoms with van der Waals surface area (Å²) in [4.78, 5) is 0. The van der Waals surface area contributed by atoms with Gasteiger partial charge in [0.25, 0.3) is 0 Å². The Morgan fingerprint density at radius 1 is 1.40 bits per heavy atom. The Labute approximate surface area is 125 Å². The van der Waals surface area contributed by atoms with Crippen molar-refractivity contribution in [2.45, 2.75) is 44.2 Å². The highest BCUT2D eigenvalue weighted by molar-refractivity contribution is 6.30. The lowest BCUT2D eigenvalue weighted by Gasteiger charge is -2.44. The van der Waals surface area contributed by atoms with Crippen LogP contribution in [0.4, 0.5) is 4.39 Å². The van der Waals surface area contributed by atoms with Crippen LogP contribution < -0.4 is 5.32 Å². The van der Waals surface area contributed by atoms with E-state index in [-0.39, 0.29) is 17.5 Å². The van der Waals surface area contributed by atoms with Gasteiger partial charge in [0.15, 0.2) is 0 Å². The largest absolute Gasteiger partial charge is 0.376 e. The molecule has 0 radical (unpaired) electrons. The maximum absolute atomic E-state index is 14.2. The molecule has 1 aliphatic rings. The topological polar surface area (TPSA) is 21.3 Å². The molecule has 1 N–H and O–H groups in total. The first kappa shape index (κ1) is 15.7. The highest BCUT2D eigenvalue weighted by atomic mass is 35.5. The number of nitrogens with one attached hydrogen (secondary N) is 1. The van der Waals surface area contributed by atoms with Crippen LogP contribution in [0.3, 0.4) is 0 Å². The minimum atomic E-state index is -0.337. The molecule has 4 heteroatoms. The van der Waals surface area contributed by atoms with Gasteiger partial charge in [-0.2, -0.15) is 0 Å². The minimum absolute atomic E-state index is 0.155. The van der Waals surface area contributed by atoms with Crippen LogP contribution >= 0.6 is 11.6 Å². The summed E-state index contributed by atoms with van der Waals surface area (Å²) in [5, 5.41) is 3.67. The zero-order valence-electron chi connectivity index (χ0n) is 12.4. The van der Waals surface area contributed by atoms with E-state index in [1.165, 1.54) is 6.07 Å². The molecule has 0 saturated heterocycles. The average molecular weight is 300 g/mol. The lowest BCUT2D eigenvalue weighted by atomic mass is 9.73. The Morgan fingerprint density at radius 2 is 2.05 bits per heavy atom. The number of hydrogen-bond acceptors (Lipinski definition) is 2. The third-order valence-corrected chi connectivity index (χ3v) is 4.85. The van der Waals surface area contributed by atoms with Crippen molar-refractivity contribution in [2.24, 2.45) is 5.92 Å². The summed E-state index contributed by atoms with van der Waals surface area (Å²) >= 11 is 5.85. The molecule has 20 heavy (non-hydrogen) atoms. The van der Waals surface area contributed by atoms with Crippen LogP contribution in [0.2, 0.25) is 5.02 Å². The Kier molecular flexibility index (Phi) is 5.05. The fourth-order valence-electron chi connectivity index (χ4n) is 3.30. The average Bonchev–Trinajstić information content (AvgIpc) is 2.44. The summed E-state index contributed by atoms with van der Waals surface area (Å²) in [7, 11) is 3.59. The van der Waals surface area contributed by atoms with E-state index in [4.69, 9.17) is 16.3 Å². The molecule has 2 rings (SSSR count). The summed E-state index contributed by atoms with van der Waals surface area (Å²) in [6.07, 6.45) is 4.11. The van der Waals surface area contributed by atoms with Crippen molar-refractivity contribution in [2.75, 3.05) is 14.2 Å². The fraction of sp³-hybridized carbons (Fsp3) is 0.625. The molecular formula is C16H23ClFNO. The molecule has 0 heterocycles. The summed E-state index contributed by atoms with van der Waals surface area (Å²) in [6.45, 7) is 2.26. The number of benzene rings is 1. The maximum Gasteiger partial charge on any atom is 0.129 e. The van der Waals surface area contributed by atoms with Crippen LogP contribution in [0.25, 0.3) is 0 Å². The van der Waals surface area contributed by atoms with E-state index in [2.05, 4.69) is 12.2 Å². The molecule has 1 aromatic carbocycles. The van der Waals surface area contributed by atoms with Crippen LogP contribution in [-0.2, 0) is 4.74 Å². The highest BCUT2D eigenvalue weighted by Gasteiger charge is 2.42. The summed E-state index contributed by atoms with van der Waals surface area (Å²) in [5.41, 5.74) is 0.295. The van der Waals surface area contributed by atoms with Crippen LogP contribution in [0.15, 0.2) is 18.2 Å². The quantitative estimate of drug-likeness (QED) is 0.893. The van der Waals surface area contributed by atoms with Crippen molar-refractivity contribution >= 4 is 11.6 Å². The lowest BCUT2D eigenvalue weighted by Crippen LogP contribution is -2.47. The first-order chi connectivity index (χ1) is 9.52. The molecule has 0 spiro atoms. The number of hydrogen-bond donors (Lipinski definition) is 1. The molecule has 0 aliphatic heterocycles. The van der Waals surface area contributed by atoms with Crippen LogP contribution in [0.5, 0.6) is 0 Å². The molecular weight excluding hydrogens is 277 g/mol. The van der Waals surface area contributed by atoms with Crippen LogP contribution in [0.1, 0.15) is 44.2 Å². The van der Waals surface area contributed by atoms with Gasteiger partial charge in [0.2, 0.25) is 0 Å². The third-order valence-electron chi connectivity index (χ3n) is 4.62. The van der Waals surface area contributed by atoms with Gasteiger partial charge in [-0.15, -0.1) is 0 Å². The van der Waals surface area contributed by atoms with Crippen molar-refractivity contribution in [1.29, 1.82) is 0 Å². The molecule has 1 unspecified atom stereocenters. The molecule has 112 valence electrons. The predicted octanol–water partition coefficient (Wildman–Crippen LogP) is 4.33. The van der Waals surface area contributed by atoms with E-state index < -0.39 is 0 Å². The van der Waals surface area contributed by atoms with Crippen molar-refractivity contribution in [3.05, 3.63) is 34.6 Å². The van der Waals surface area contributed by atoms with Crippen LogP contribution in [-0.4, -0.2) is 19.8 Å². The number of likely N-dealkylation sites (N-methyl/N-ethyl adjacent to an activating group) is 1. The van der Waals surface area contributed by atoms with Gasteiger partial charge in [0.05, 0.1) is 11.6 Å². The first-order valence-electron chi connectivity index (χ1n) is 7.20. The second-order valence-corrected chi connectivity index (χ2v) is 6.28. The molecule has 0 bridgehead atoms. The van der Waals surface area contributed by atoms with Crippen molar-refractivity contribution in [3.8, 4) is 0 Å². The predicted molar refractivity (Wildman–Crippen MR) is 80.6 cm³/mol. The van der Waals surface area contributed by atoms with Gasteiger partial charge in [0.1, 0.15) is 5.82 Å². The molecule has 1 fully saturated rings. The Balaban J connectivity index is 2.34. The van der Waals surface area contributed by atoms with Crippen molar-refractivity contribution in [1.82, 2.24) is 5.32 Å². The van der Waals surface area contributed by atoms with Gasteiger partial charge >= 0.3 is 0 Å². The monoisotopic (exact) mass is 299 g/mol. The standard InChI is InChI=1S/C16H23ClFNO/c1-11-6-8-16(20-3,9-7-11)15(19-2)13-5-4-12(17)10-14(13)18/h4-5,10-11,15,19H,6-9H2,1-3H3. The summed E-state index contributed by atoms with van der Waals surface area (Å²) < 4.78 is 20.1. The molecule has 2 nitrogen and oxygen atoms in total.